The van der Waals surface area contributed by atoms with Crippen molar-refractivity contribution in [1.29, 1.82) is 0 Å². The fourth-order valence-corrected chi connectivity index (χ4v) is 2.05. The molecule has 0 fully saturated rings. The van der Waals surface area contributed by atoms with Crippen LogP contribution in [0.15, 0.2) is 42.5 Å². The number of hydrogen-bond donors (Lipinski definition) is 1. The predicted octanol–water partition coefficient (Wildman–Crippen LogP) is 4.26. The fourth-order valence-electron chi connectivity index (χ4n) is 1.83. The van der Waals surface area contributed by atoms with Crippen molar-refractivity contribution in [3.8, 4) is 11.5 Å². The summed E-state index contributed by atoms with van der Waals surface area (Å²) in [4.78, 5) is 12.0. The maximum absolute atomic E-state index is 12.0. The Hall–Kier alpha value is -2.26. The first kappa shape index (κ1) is 15.1. The van der Waals surface area contributed by atoms with Gasteiger partial charge in [-0.3, -0.25) is 4.79 Å². The highest BCUT2D eigenvalue weighted by Crippen LogP contribution is 2.35. The van der Waals surface area contributed by atoms with E-state index in [2.05, 4.69) is 0 Å². The van der Waals surface area contributed by atoms with E-state index in [0.717, 1.165) is 5.56 Å². The topological polar surface area (TPSA) is 46.5 Å². The zero-order chi connectivity index (χ0) is 15.4. The summed E-state index contributed by atoms with van der Waals surface area (Å²) in [6.07, 6.45) is 3.10. The Morgan fingerprint density at radius 2 is 1.90 bits per heavy atom. The molecular formula is C17H15ClO3. The largest absolute Gasteiger partial charge is 0.503 e. The third-order valence-electron chi connectivity index (χ3n) is 3.03. The Labute approximate surface area is 128 Å². The molecule has 0 unspecified atom stereocenters. The molecule has 0 aliphatic carbocycles. The number of phenolic OH excluding ortho intramolecular Hbond substituents is 1. The van der Waals surface area contributed by atoms with E-state index in [1.165, 1.54) is 13.2 Å². The van der Waals surface area contributed by atoms with Crippen molar-refractivity contribution >= 4 is 23.5 Å². The van der Waals surface area contributed by atoms with Gasteiger partial charge in [0.2, 0.25) is 0 Å². The van der Waals surface area contributed by atoms with Crippen LogP contribution in [0.5, 0.6) is 11.5 Å². The van der Waals surface area contributed by atoms with Crippen LogP contribution in [0.25, 0.3) is 6.08 Å². The lowest BCUT2D eigenvalue weighted by atomic mass is 10.1. The van der Waals surface area contributed by atoms with E-state index >= 15 is 0 Å². The summed E-state index contributed by atoms with van der Waals surface area (Å²) < 4.78 is 5.02. The number of halogens is 1. The number of ether oxygens (including phenoxy) is 1. The first-order valence-corrected chi connectivity index (χ1v) is 6.74. The number of hydrogen-bond acceptors (Lipinski definition) is 3. The summed E-state index contributed by atoms with van der Waals surface area (Å²) in [6.45, 7) is 1.97. The monoisotopic (exact) mass is 302 g/mol. The number of aryl methyl sites for hydroxylation is 1. The first-order valence-electron chi connectivity index (χ1n) is 6.37. The zero-order valence-electron chi connectivity index (χ0n) is 11.8. The van der Waals surface area contributed by atoms with Gasteiger partial charge in [0.1, 0.15) is 0 Å². The lowest BCUT2D eigenvalue weighted by molar-refractivity contribution is 0.104. The van der Waals surface area contributed by atoms with Crippen LogP contribution in [-0.2, 0) is 0 Å². The normalized spacial score (nSPS) is 10.8. The van der Waals surface area contributed by atoms with Crippen LogP contribution >= 0.6 is 11.6 Å². The number of allylic oxidation sites excluding steroid dienone is 1. The number of methoxy groups -OCH3 is 1. The lowest BCUT2D eigenvalue weighted by Crippen LogP contribution is -1.93. The molecule has 0 saturated heterocycles. The van der Waals surface area contributed by atoms with Gasteiger partial charge in [-0.2, -0.15) is 0 Å². The van der Waals surface area contributed by atoms with Gasteiger partial charge in [0.15, 0.2) is 17.3 Å². The molecule has 0 amide bonds. The van der Waals surface area contributed by atoms with Crippen molar-refractivity contribution in [2.24, 2.45) is 0 Å². The van der Waals surface area contributed by atoms with Gasteiger partial charge in [-0.1, -0.05) is 47.5 Å². The molecule has 0 saturated carbocycles. The first-order chi connectivity index (χ1) is 10.0. The van der Waals surface area contributed by atoms with Crippen LogP contribution in [0.4, 0.5) is 0 Å². The minimum atomic E-state index is -0.110. The van der Waals surface area contributed by atoms with Crippen molar-refractivity contribution < 1.29 is 14.6 Å². The van der Waals surface area contributed by atoms with E-state index in [0.29, 0.717) is 11.1 Å². The second-order valence-electron chi connectivity index (χ2n) is 4.62. The number of benzene rings is 2. The van der Waals surface area contributed by atoms with Crippen molar-refractivity contribution in [2.75, 3.05) is 7.11 Å². The molecule has 0 aliphatic heterocycles. The van der Waals surface area contributed by atoms with Gasteiger partial charge in [0, 0.05) is 5.56 Å². The Morgan fingerprint density at radius 3 is 2.52 bits per heavy atom. The number of ketones is 1. The molecule has 0 atom stereocenters. The molecule has 0 radical (unpaired) electrons. The molecule has 0 aliphatic rings. The Morgan fingerprint density at radius 1 is 1.24 bits per heavy atom. The predicted molar refractivity (Wildman–Crippen MR) is 84.2 cm³/mol. The van der Waals surface area contributed by atoms with Crippen LogP contribution in [0.2, 0.25) is 5.02 Å². The molecule has 4 heteroatoms. The second kappa shape index (κ2) is 6.46. The second-order valence-corrected chi connectivity index (χ2v) is 5.02. The molecule has 21 heavy (non-hydrogen) atoms. The molecule has 108 valence electrons. The number of carbonyl (C=O) groups excluding carboxylic acids is 1. The summed E-state index contributed by atoms with van der Waals surface area (Å²) in [5.41, 5.74) is 2.40. The van der Waals surface area contributed by atoms with Crippen LogP contribution in [-0.4, -0.2) is 18.0 Å². The molecule has 2 rings (SSSR count). The molecule has 2 aromatic rings. The smallest absolute Gasteiger partial charge is 0.185 e. The number of phenols is 1. The maximum Gasteiger partial charge on any atom is 0.185 e. The fraction of sp³-hybridized carbons (Fsp3) is 0.118. The van der Waals surface area contributed by atoms with E-state index in [-0.39, 0.29) is 22.3 Å². The van der Waals surface area contributed by atoms with E-state index in [9.17, 15) is 9.90 Å². The summed E-state index contributed by atoms with van der Waals surface area (Å²) in [7, 11) is 1.44. The average molecular weight is 303 g/mol. The Bertz CT molecular complexity index is 688. The average Bonchev–Trinajstić information content (AvgIpc) is 2.48. The van der Waals surface area contributed by atoms with E-state index in [1.807, 2.05) is 19.1 Å². The third-order valence-corrected chi connectivity index (χ3v) is 3.32. The molecule has 2 aromatic carbocycles. The summed E-state index contributed by atoms with van der Waals surface area (Å²) in [5, 5.41) is 9.83. The standard InChI is InChI=1S/C17H15ClO3/c1-11-3-6-13(7-4-11)15(19)8-5-12-9-14(18)17(20)16(10-12)21-2/h3-10,20H,1-2H3. The van der Waals surface area contributed by atoms with Gasteiger partial charge in [0.25, 0.3) is 0 Å². The maximum atomic E-state index is 12.0. The Balaban J connectivity index is 2.23. The molecule has 0 heterocycles. The van der Waals surface area contributed by atoms with Crippen molar-refractivity contribution in [2.45, 2.75) is 6.92 Å². The molecule has 1 N–H and O–H groups in total. The number of carbonyl (C=O) groups is 1. The summed E-state index contributed by atoms with van der Waals surface area (Å²) >= 11 is 5.90. The number of aromatic hydroxyl groups is 1. The van der Waals surface area contributed by atoms with Gasteiger partial charge in [-0.05, 0) is 30.7 Å². The lowest BCUT2D eigenvalue weighted by Gasteiger charge is -2.06. The quantitative estimate of drug-likeness (QED) is 0.678. The molecular weight excluding hydrogens is 288 g/mol. The van der Waals surface area contributed by atoms with Crippen molar-refractivity contribution in [3.63, 3.8) is 0 Å². The van der Waals surface area contributed by atoms with Gasteiger partial charge in [-0.15, -0.1) is 0 Å². The van der Waals surface area contributed by atoms with Gasteiger partial charge in [-0.25, -0.2) is 0 Å². The van der Waals surface area contributed by atoms with E-state index in [1.54, 1.807) is 30.3 Å². The Kier molecular flexibility index (Phi) is 4.66. The zero-order valence-corrected chi connectivity index (χ0v) is 12.5. The van der Waals surface area contributed by atoms with Crippen LogP contribution in [0.3, 0.4) is 0 Å². The minimum absolute atomic E-state index is 0.0989. The highest BCUT2D eigenvalue weighted by molar-refractivity contribution is 6.32. The molecule has 0 bridgehead atoms. The highest BCUT2D eigenvalue weighted by Gasteiger charge is 2.08. The summed E-state index contributed by atoms with van der Waals surface area (Å²) in [5.74, 6) is 0.0595. The van der Waals surface area contributed by atoms with Crippen LogP contribution in [0.1, 0.15) is 21.5 Å². The van der Waals surface area contributed by atoms with Crippen molar-refractivity contribution in [1.82, 2.24) is 0 Å². The van der Waals surface area contributed by atoms with Crippen LogP contribution < -0.4 is 4.74 Å². The molecule has 3 nitrogen and oxygen atoms in total. The highest BCUT2D eigenvalue weighted by atomic mass is 35.5. The van der Waals surface area contributed by atoms with Gasteiger partial charge in [0.05, 0.1) is 12.1 Å². The van der Waals surface area contributed by atoms with Gasteiger partial charge < -0.3 is 9.84 Å². The van der Waals surface area contributed by atoms with Gasteiger partial charge >= 0.3 is 0 Å². The van der Waals surface area contributed by atoms with E-state index < -0.39 is 0 Å². The van der Waals surface area contributed by atoms with Crippen LogP contribution in [0, 0.1) is 6.92 Å². The molecule has 0 spiro atoms. The van der Waals surface area contributed by atoms with E-state index in [4.69, 9.17) is 16.3 Å². The minimum Gasteiger partial charge on any atom is -0.503 e. The SMILES string of the molecule is COc1cc(C=CC(=O)c2ccc(C)cc2)cc(Cl)c1O. The summed E-state index contributed by atoms with van der Waals surface area (Å²) in [6, 6.07) is 10.5. The third kappa shape index (κ3) is 3.64. The molecule has 0 aromatic heterocycles. The van der Waals surface area contributed by atoms with Crippen molar-refractivity contribution in [3.05, 3.63) is 64.2 Å². The number of rotatable bonds is 4.